The third-order valence-corrected chi connectivity index (χ3v) is 4.22. The molecule has 0 radical (unpaired) electrons. The maximum absolute atomic E-state index is 11.7. The highest BCUT2D eigenvalue weighted by molar-refractivity contribution is 7.89. The topological polar surface area (TPSA) is 87.3 Å². The summed E-state index contributed by atoms with van der Waals surface area (Å²) in [6, 6.07) is 6.46. The number of sulfonamides is 1. The van der Waals surface area contributed by atoms with E-state index in [4.69, 9.17) is 0 Å². The van der Waals surface area contributed by atoms with Crippen molar-refractivity contribution in [3.05, 3.63) is 29.8 Å². The van der Waals surface area contributed by atoms with Crippen LogP contribution in [0.5, 0.6) is 0 Å². The van der Waals surface area contributed by atoms with Gasteiger partial charge in [0.1, 0.15) is 0 Å². The fraction of sp³-hybridized carbons (Fsp3) is 0.462. The fourth-order valence-electron chi connectivity index (χ4n) is 1.59. The molecule has 20 heavy (non-hydrogen) atoms. The number of hydrogen-bond donors (Lipinski definition) is 3. The molecule has 0 spiro atoms. The molecule has 0 atom stereocenters. The van der Waals surface area contributed by atoms with Crippen LogP contribution in [-0.2, 0) is 21.4 Å². The van der Waals surface area contributed by atoms with E-state index in [1.165, 1.54) is 12.1 Å². The smallest absolute Gasteiger partial charge is 0.240 e. The SMILES string of the molecule is CCNS(=O)(=O)c1ccc(CNC(=O)CCNC)cc1. The highest BCUT2D eigenvalue weighted by Gasteiger charge is 2.11. The summed E-state index contributed by atoms with van der Waals surface area (Å²) in [5.41, 5.74) is 0.859. The molecule has 0 aliphatic heterocycles. The van der Waals surface area contributed by atoms with Crippen LogP contribution in [0, 0.1) is 0 Å². The van der Waals surface area contributed by atoms with Crippen LogP contribution in [-0.4, -0.2) is 34.5 Å². The van der Waals surface area contributed by atoms with Gasteiger partial charge in [-0.1, -0.05) is 19.1 Å². The zero-order valence-electron chi connectivity index (χ0n) is 11.8. The van der Waals surface area contributed by atoms with Gasteiger partial charge in [-0.2, -0.15) is 0 Å². The number of amides is 1. The zero-order chi connectivity index (χ0) is 15.0. The van der Waals surface area contributed by atoms with E-state index in [1.54, 1.807) is 26.1 Å². The van der Waals surface area contributed by atoms with Gasteiger partial charge in [-0.3, -0.25) is 4.79 Å². The second kappa shape index (κ2) is 7.98. The summed E-state index contributed by atoms with van der Waals surface area (Å²) in [5, 5.41) is 5.67. The molecule has 1 amide bonds. The van der Waals surface area contributed by atoms with E-state index in [9.17, 15) is 13.2 Å². The summed E-state index contributed by atoms with van der Waals surface area (Å²) in [4.78, 5) is 11.7. The third kappa shape index (κ3) is 5.28. The van der Waals surface area contributed by atoms with E-state index in [0.29, 0.717) is 26.1 Å². The standard InChI is InChI=1S/C13H21N3O3S/c1-3-16-20(18,19)12-6-4-11(5-7-12)10-15-13(17)8-9-14-2/h4-7,14,16H,3,8-10H2,1-2H3,(H,15,17). The van der Waals surface area contributed by atoms with Crippen molar-refractivity contribution in [1.82, 2.24) is 15.4 Å². The molecule has 3 N–H and O–H groups in total. The van der Waals surface area contributed by atoms with Crippen molar-refractivity contribution < 1.29 is 13.2 Å². The van der Waals surface area contributed by atoms with E-state index in [-0.39, 0.29) is 10.8 Å². The monoisotopic (exact) mass is 299 g/mol. The largest absolute Gasteiger partial charge is 0.352 e. The van der Waals surface area contributed by atoms with Crippen molar-refractivity contribution in [2.45, 2.75) is 24.8 Å². The molecule has 0 saturated carbocycles. The highest BCUT2D eigenvalue weighted by atomic mass is 32.2. The van der Waals surface area contributed by atoms with Crippen LogP contribution in [0.25, 0.3) is 0 Å². The number of carbonyl (C=O) groups is 1. The molecule has 7 heteroatoms. The van der Waals surface area contributed by atoms with Gasteiger partial charge in [0.05, 0.1) is 4.90 Å². The molecular weight excluding hydrogens is 278 g/mol. The Morgan fingerprint density at radius 1 is 1.20 bits per heavy atom. The van der Waals surface area contributed by atoms with Gasteiger partial charge in [0.15, 0.2) is 0 Å². The highest BCUT2D eigenvalue weighted by Crippen LogP contribution is 2.10. The Labute approximate surface area is 120 Å². The van der Waals surface area contributed by atoms with Crippen LogP contribution in [0.2, 0.25) is 0 Å². The Bertz CT molecular complexity index is 526. The number of rotatable bonds is 8. The minimum Gasteiger partial charge on any atom is -0.352 e. The summed E-state index contributed by atoms with van der Waals surface area (Å²) in [7, 11) is -1.63. The summed E-state index contributed by atoms with van der Waals surface area (Å²) in [6.07, 6.45) is 0.420. The van der Waals surface area contributed by atoms with Gasteiger partial charge in [-0.05, 0) is 24.7 Å². The van der Waals surface area contributed by atoms with Crippen LogP contribution in [0.1, 0.15) is 18.9 Å². The molecule has 0 aliphatic rings. The molecule has 0 heterocycles. The molecule has 0 unspecified atom stereocenters. The van der Waals surface area contributed by atoms with Crippen molar-refractivity contribution in [1.29, 1.82) is 0 Å². The van der Waals surface area contributed by atoms with Crippen LogP contribution in [0.3, 0.4) is 0 Å². The second-order valence-corrected chi connectivity index (χ2v) is 6.04. The maximum Gasteiger partial charge on any atom is 0.240 e. The van der Waals surface area contributed by atoms with Gasteiger partial charge in [0.25, 0.3) is 0 Å². The van der Waals surface area contributed by atoms with E-state index in [0.717, 1.165) is 5.56 Å². The number of nitrogens with one attached hydrogen (secondary N) is 3. The first-order valence-electron chi connectivity index (χ1n) is 6.49. The van der Waals surface area contributed by atoms with Crippen molar-refractivity contribution in [2.75, 3.05) is 20.1 Å². The van der Waals surface area contributed by atoms with Crippen LogP contribution in [0.15, 0.2) is 29.2 Å². The van der Waals surface area contributed by atoms with Crippen LogP contribution < -0.4 is 15.4 Å². The van der Waals surface area contributed by atoms with Crippen molar-refractivity contribution in [2.24, 2.45) is 0 Å². The molecular formula is C13H21N3O3S. The van der Waals surface area contributed by atoms with Gasteiger partial charge in [0, 0.05) is 26.1 Å². The van der Waals surface area contributed by atoms with Gasteiger partial charge < -0.3 is 10.6 Å². The van der Waals surface area contributed by atoms with Crippen LogP contribution in [0.4, 0.5) is 0 Å². The lowest BCUT2D eigenvalue weighted by atomic mass is 10.2. The minimum atomic E-state index is -3.42. The molecule has 1 aromatic rings. The lowest BCUT2D eigenvalue weighted by Gasteiger charge is -2.07. The van der Waals surface area contributed by atoms with Crippen molar-refractivity contribution >= 4 is 15.9 Å². The fourth-order valence-corrected chi connectivity index (χ4v) is 2.63. The Morgan fingerprint density at radius 3 is 2.40 bits per heavy atom. The molecule has 6 nitrogen and oxygen atoms in total. The Balaban J connectivity index is 2.57. The second-order valence-electron chi connectivity index (χ2n) is 4.28. The summed E-state index contributed by atoms with van der Waals surface area (Å²) < 4.78 is 25.9. The lowest BCUT2D eigenvalue weighted by Crippen LogP contribution is -2.26. The van der Waals surface area contributed by atoms with E-state index in [2.05, 4.69) is 15.4 Å². The first kappa shape index (κ1) is 16.6. The van der Waals surface area contributed by atoms with Gasteiger partial charge in [0.2, 0.25) is 15.9 Å². The maximum atomic E-state index is 11.7. The van der Waals surface area contributed by atoms with E-state index in [1.807, 2.05) is 0 Å². The molecule has 0 aromatic heterocycles. The Kier molecular flexibility index (Phi) is 6.63. The molecule has 0 fully saturated rings. The average molecular weight is 299 g/mol. The van der Waals surface area contributed by atoms with E-state index >= 15 is 0 Å². The van der Waals surface area contributed by atoms with Gasteiger partial charge in [-0.15, -0.1) is 0 Å². The first-order valence-corrected chi connectivity index (χ1v) is 7.98. The number of carbonyl (C=O) groups excluding carboxylic acids is 1. The molecule has 112 valence electrons. The average Bonchev–Trinajstić information content (AvgIpc) is 2.43. The van der Waals surface area contributed by atoms with E-state index < -0.39 is 10.0 Å². The molecule has 0 saturated heterocycles. The quantitative estimate of drug-likeness (QED) is 0.640. The minimum absolute atomic E-state index is 0.0382. The number of hydrogen-bond acceptors (Lipinski definition) is 4. The number of benzene rings is 1. The normalized spacial score (nSPS) is 11.3. The summed E-state index contributed by atoms with van der Waals surface area (Å²) >= 11 is 0. The zero-order valence-corrected chi connectivity index (χ0v) is 12.6. The van der Waals surface area contributed by atoms with Gasteiger partial charge in [-0.25, -0.2) is 13.1 Å². The first-order chi connectivity index (χ1) is 9.49. The van der Waals surface area contributed by atoms with Crippen molar-refractivity contribution in [3.8, 4) is 0 Å². The molecule has 0 bridgehead atoms. The third-order valence-electron chi connectivity index (χ3n) is 2.66. The Hall–Kier alpha value is -1.44. The summed E-state index contributed by atoms with van der Waals surface area (Å²) in [5.74, 6) is -0.0382. The predicted octanol–water partition coefficient (Wildman–Crippen LogP) is 0.211. The lowest BCUT2D eigenvalue weighted by molar-refractivity contribution is -0.121. The summed E-state index contributed by atoms with van der Waals surface area (Å²) in [6.45, 7) is 3.11. The molecule has 0 aliphatic carbocycles. The van der Waals surface area contributed by atoms with Gasteiger partial charge >= 0.3 is 0 Å². The Morgan fingerprint density at radius 2 is 1.85 bits per heavy atom. The molecule has 1 rings (SSSR count). The van der Waals surface area contributed by atoms with Crippen molar-refractivity contribution in [3.63, 3.8) is 0 Å². The van der Waals surface area contributed by atoms with Crippen LogP contribution >= 0.6 is 0 Å². The predicted molar refractivity (Wildman–Crippen MR) is 77.7 cm³/mol. The molecule has 1 aromatic carbocycles.